The maximum absolute atomic E-state index is 12.5. The minimum atomic E-state index is 0.107. The van der Waals surface area contributed by atoms with Gasteiger partial charge in [-0.25, -0.2) is 0 Å². The van der Waals surface area contributed by atoms with Crippen LogP contribution in [0, 0.1) is 0 Å². The zero-order chi connectivity index (χ0) is 14.5. The van der Waals surface area contributed by atoms with Crippen LogP contribution in [-0.4, -0.2) is 49.1 Å². The molecule has 2 fully saturated rings. The number of amides is 1. The molecule has 0 saturated carbocycles. The van der Waals surface area contributed by atoms with Crippen molar-refractivity contribution >= 4 is 17.2 Å². The number of piperidine rings is 1. The Balaban J connectivity index is 1.48. The van der Waals surface area contributed by atoms with Gasteiger partial charge in [-0.1, -0.05) is 0 Å². The molecule has 0 aliphatic carbocycles. The van der Waals surface area contributed by atoms with Gasteiger partial charge in [-0.3, -0.25) is 9.69 Å². The summed E-state index contributed by atoms with van der Waals surface area (Å²) >= 11 is 1.72. The Morgan fingerprint density at radius 1 is 1.38 bits per heavy atom. The highest BCUT2D eigenvalue weighted by Crippen LogP contribution is 2.24. The van der Waals surface area contributed by atoms with Gasteiger partial charge in [0, 0.05) is 12.6 Å². The van der Waals surface area contributed by atoms with Crippen molar-refractivity contribution in [3.05, 3.63) is 22.4 Å². The molecule has 1 unspecified atom stereocenters. The molecular weight excluding hydrogens is 282 g/mol. The quantitative estimate of drug-likeness (QED) is 0.869. The first-order chi connectivity index (χ1) is 10.3. The molecule has 0 bridgehead atoms. The molecule has 4 nitrogen and oxygen atoms in total. The lowest BCUT2D eigenvalue weighted by Gasteiger charge is -2.35. The normalized spacial score (nSPS) is 24.3. The minimum absolute atomic E-state index is 0.107. The minimum Gasteiger partial charge on any atom is -0.354 e. The van der Waals surface area contributed by atoms with Crippen LogP contribution in [0.15, 0.2) is 16.8 Å². The molecule has 0 radical (unpaired) electrons. The molecule has 116 valence electrons. The standard InChI is InChI=1S/C16H25N3OS/c20-16(18-9-3-13-6-11-21-12-13)15-2-1-10-19(15)14-4-7-17-8-5-14/h6,11-12,14-15,17H,1-5,7-10H2,(H,18,20). The van der Waals surface area contributed by atoms with E-state index in [0.29, 0.717) is 6.04 Å². The van der Waals surface area contributed by atoms with Crippen molar-refractivity contribution in [1.29, 1.82) is 0 Å². The van der Waals surface area contributed by atoms with Crippen LogP contribution in [0.2, 0.25) is 0 Å². The Morgan fingerprint density at radius 3 is 3.00 bits per heavy atom. The average Bonchev–Trinajstić information content (AvgIpc) is 3.19. The summed E-state index contributed by atoms with van der Waals surface area (Å²) in [6, 6.07) is 2.84. The fraction of sp³-hybridized carbons (Fsp3) is 0.688. The molecule has 2 aliphatic rings. The largest absolute Gasteiger partial charge is 0.354 e. The van der Waals surface area contributed by atoms with Crippen LogP contribution < -0.4 is 10.6 Å². The molecule has 2 saturated heterocycles. The summed E-state index contributed by atoms with van der Waals surface area (Å²) in [4.78, 5) is 14.9. The number of nitrogens with zero attached hydrogens (tertiary/aromatic N) is 1. The summed E-state index contributed by atoms with van der Waals surface area (Å²) in [7, 11) is 0. The Hall–Kier alpha value is -0.910. The van der Waals surface area contributed by atoms with Crippen molar-refractivity contribution in [1.82, 2.24) is 15.5 Å². The second-order valence-electron chi connectivity index (χ2n) is 6.05. The Morgan fingerprint density at radius 2 is 2.24 bits per heavy atom. The van der Waals surface area contributed by atoms with Crippen LogP contribution >= 0.6 is 11.3 Å². The number of carbonyl (C=O) groups excluding carboxylic acids is 1. The van der Waals surface area contributed by atoms with Crippen LogP contribution in [0.4, 0.5) is 0 Å². The van der Waals surface area contributed by atoms with Gasteiger partial charge in [0.1, 0.15) is 0 Å². The van der Waals surface area contributed by atoms with E-state index in [9.17, 15) is 4.79 Å². The van der Waals surface area contributed by atoms with Crippen LogP contribution in [-0.2, 0) is 11.2 Å². The van der Waals surface area contributed by atoms with E-state index in [1.165, 1.54) is 18.4 Å². The number of thiophene rings is 1. The summed E-state index contributed by atoms with van der Waals surface area (Å²) < 4.78 is 0. The van der Waals surface area contributed by atoms with Gasteiger partial charge in [-0.05, 0) is 74.1 Å². The first-order valence-electron chi connectivity index (χ1n) is 8.10. The molecule has 3 heterocycles. The van der Waals surface area contributed by atoms with Crippen molar-refractivity contribution in [3.63, 3.8) is 0 Å². The SMILES string of the molecule is O=C(NCCc1ccsc1)C1CCCN1C1CCNCC1. The van der Waals surface area contributed by atoms with Crippen molar-refractivity contribution in [2.24, 2.45) is 0 Å². The topological polar surface area (TPSA) is 44.4 Å². The summed E-state index contributed by atoms with van der Waals surface area (Å²) in [6.45, 7) is 4.03. The van der Waals surface area contributed by atoms with E-state index < -0.39 is 0 Å². The van der Waals surface area contributed by atoms with Crippen LogP contribution in [0.5, 0.6) is 0 Å². The van der Waals surface area contributed by atoms with Gasteiger partial charge < -0.3 is 10.6 Å². The summed E-state index contributed by atoms with van der Waals surface area (Å²) in [6.07, 6.45) is 5.48. The van der Waals surface area contributed by atoms with Crippen molar-refractivity contribution in [2.45, 2.75) is 44.2 Å². The van der Waals surface area contributed by atoms with Gasteiger partial charge in [-0.2, -0.15) is 11.3 Å². The van der Waals surface area contributed by atoms with Crippen LogP contribution in [0.3, 0.4) is 0 Å². The van der Waals surface area contributed by atoms with E-state index in [2.05, 4.69) is 32.4 Å². The fourth-order valence-corrected chi connectivity index (χ4v) is 4.23. The first kappa shape index (κ1) is 15.0. The van der Waals surface area contributed by atoms with E-state index >= 15 is 0 Å². The van der Waals surface area contributed by atoms with E-state index in [1.54, 1.807) is 11.3 Å². The highest BCUT2D eigenvalue weighted by molar-refractivity contribution is 7.07. The number of hydrogen-bond acceptors (Lipinski definition) is 4. The molecule has 3 rings (SSSR count). The summed E-state index contributed by atoms with van der Waals surface area (Å²) in [5.74, 6) is 0.237. The van der Waals surface area contributed by atoms with Gasteiger partial charge in [0.2, 0.25) is 5.91 Å². The van der Waals surface area contributed by atoms with Gasteiger partial charge >= 0.3 is 0 Å². The molecule has 2 N–H and O–H groups in total. The average molecular weight is 307 g/mol. The third kappa shape index (κ3) is 3.84. The second kappa shape index (κ2) is 7.38. The molecule has 0 aromatic carbocycles. The number of rotatable bonds is 5. The Kier molecular flexibility index (Phi) is 5.27. The van der Waals surface area contributed by atoms with Crippen molar-refractivity contribution in [3.8, 4) is 0 Å². The Bertz CT molecular complexity index is 442. The van der Waals surface area contributed by atoms with Gasteiger partial charge in [0.15, 0.2) is 0 Å². The monoisotopic (exact) mass is 307 g/mol. The van der Waals surface area contributed by atoms with Crippen molar-refractivity contribution in [2.75, 3.05) is 26.2 Å². The highest BCUT2D eigenvalue weighted by Gasteiger charge is 2.35. The first-order valence-corrected chi connectivity index (χ1v) is 9.04. The zero-order valence-corrected chi connectivity index (χ0v) is 13.3. The van der Waals surface area contributed by atoms with E-state index in [0.717, 1.165) is 45.4 Å². The molecule has 1 amide bonds. The van der Waals surface area contributed by atoms with Crippen LogP contribution in [0.25, 0.3) is 0 Å². The van der Waals surface area contributed by atoms with Crippen molar-refractivity contribution < 1.29 is 4.79 Å². The molecule has 1 aromatic heterocycles. The van der Waals surface area contributed by atoms with Gasteiger partial charge in [-0.15, -0.1) is 0 Å². The summed E-state index contributed by atoms with van der Waals surface area (Å²) in [5, 5.41) is 10.8. The third-order valence-electron chi connectivity index (χ3n) is 4.67. The number of likely N-dealkylation sites (tertiary alicyclic amines) is 1. The number of hydrogen-bond donors (Lipinski definition) is 2. The molecule has 0 spiro atoms. The van der Waals surface area contributed by atoms with Crippen LogP contribution in [0.1, 0.15) is 31.2 Å². The molecule has 21 heavy (non-hydrogen) atoms. The molecule has 1 aromatic rings. The predicted molar refractivity (Wildman–Crippen MR) is 86.7 cm³/mol. The lowest BCUT2D eigenvalue weighted by Crippen LogP contribution is -2.50. The Labute approximate surface area is 130 Å². The number of carbonyl (C=O) groups is 1. The maximum atomic E-state index is 12.5. The van der Waals surface area contributed by atoms with Gasteiger partial charge in [0.25, 0.3) is 0 Å². The second-order valence-corrected chi connectivity index (χ2v) is 6.83. The molecular formula is C16H25N3OS. The fourth-order valence-electron chi connectivity index (χ4n) is 3.53. The molecule has 1 atom stereocenters. The molecule has 5 heteroatoms. The van der Waals surface area contributed by atoms with Gasteiger partial charge in [0.05, 0.1) is 6.04 Å². The maximum Gasteiger partial charge on any atom is 0.237 e. The summed E-state index contributed by atoms with van der Waals surface area (Å²) in [5.41, 5.74) is 1.32. The van der Waals surface area contributed by atoms with E-state index in [4.69, 9.17) is 0 Å². The highest BCUT2D eigenvalue weighted by atomic mass is 32.1. The smallest absolute Gasteiger partial charge is 0.237 e. The number of nitrogens with one attached hydrogen (secondary N) is 2. The van der Waals surface area contributed by atoms with E-state index in [1.807, 2.05) is 0 Å². The predicted octanol–water partition coefficient (Wildman–Crippen LogP) is 1.62. The third-order valence-corrected chi connectivity index (χ3v) is 5.40. The lowest BCUT2D eigenvalue weighted by atomic mass is 10.0. The zero-order valence-electron chi connectivity index (χ0n) is 12.5. The van der Waals surface area contributed by atoms with E-state index in [-0.39, 0.29) is 11.9 Å². The lowest BCUT2D eigenvalue weighted by molar-refractivity contribution is -0.126. The molecule has 2 aliphatic heterocycles.